The molecule has 0 spiro atoms. The Bertz CT molecular complexity index is 449. The summed E-state index contributed by atoms with van der Waals surface area (Å²) in [5.41, 5.74) is 3.89. The molecule has 4 nitrogen and oxygen atoms in total. The molecule has 1 heterocycles. The summed E-state index contributed by atoms with van der Waals surface area (Å²) in [6.07, 6.45) is 0. The molecular formula is C8H9FN4. The first kappa shape index (κ1) is 8.00. The average Bonchev–Trinajstić information content (AvgIpc) is 2.42. The summed E-state index contributed by atoms with van der Waals surface area (Å²) in [4.78, 5) is 7.08. The van der Waals surface area contributed by atoms with Gasteiger partial charge in [0.15, 0.2) is 0 Å². The van der Waals surface area contributed by atoms with Crippen molar-refractivity contribution in [1.29, 1.82) is 0 Å². The number of aromatic nitrogens is 2. The fourth-order valence-corrected chi connectivity index (χ4v) is 1.27. The molecule has 2 aromatic rings. The predicted octanol–water partition coefficient (Wildman–Crippen LogP) is 1.30. The molecule has 13 heavy (non-hydrogen) atoms. The van der Waals surface area contributed by atoms with Gasteiger partial charge in [-0.1, -0.05) is 0 Å². The average molecular weight is 180 g/mol. The van der Waals surface area contributed by atoms with Crippen LogP contribution in [-0.2, 0) is 0 Å². The molecule has 0 aliphatic rings. The van der Waals surface area contributed by atoms with Crippen LogP contribution in [0.5, 0.6) is 0 Å². The van der Waals surface area contributed by atoms with E-state index in [2.05, 4.69) is 15.4 Å². The van der Waals surface area contributed by atoms with E-state index in [1.54, 1.807) is 6.07 Å². The number of anilines is 1. The number of imidazole rings is 1. The first-order valence-corrected chi connectivity index (χ1v) is 3.83. The monoisotopic (exact) mass is 180 g/mol. The van der Waals surface area contributed by atoms with Crippen LogP contribution < -0.4 is 11.3 Å². The zero-order chi connectivity index (χ0) is 9.42. The van der Waals surface area contributed by atoms with Gasteiger partial charge in [0.1, 0.15) is 11.6 Å². The molecule has 0 aliphatic carbocycles. The lowest BCUT2D eigenvalue weighted by molar-refractivity contribution is 0.632. The Labute approximate surface area is 73.9 Å². The number of nitrogen functional groups attached to an aromatic ring is 1. The van der Waals surface area contributed by atoms with Gasteiger partial charge < -0.3 is 10.4 Å². The Balaban J connectivity index is 2.72. The number of nitrogens with two attached hydrogens (primary N) is 1. The van der Waals surface area contributed by atoms with E-state index in [4.69, 9.17) is 5.84 Å². The molecule has 68 valence electrons. The maximum atomic E-state index is 13.1. The van der Waals surface area contributed by atoms with Crippen molar-refractivity contribution in [3.63, 3.8) is 0 Å². The number of rotatable bonds is 1. The minimum absolute atomic E-state index is 0.249. The second kappa shape index (κ2) is 2.70. The van der Waals surface area contributed by atoms with Crippen LogP contribution in [0.15, 0.2) is 12.1 Å². The highest BCUT2D eigenvalue weighted by atomic mass is 19.1. The highest BCUT2D eigenvalue weighted by Crippen LogP contribution is 2.20. The van der Waals surface area contributed by atoms with Gasteiger partial charge in [0.05, 0.1) is 16.7 Å². The van der Waals surface area contributed by atoms with Crippen molar-refractivity contribution in [3.8, 4) is 0 Å². The third-order valence-electron chi connectivity index (χ3n) is 1.84. The molecule has 5 heteroatoms. The molecule has 0 radical (unpaired) electrons. The molecule has 4 N–H and O–H groups in total. The minimum atomic E-state index is -0.390. The van der Waals surface area contributed by atoms with Crippen molar-refractivity contribution in [2.75, 3.05) is 5.43 Å². The molecule has 0 bridgehead atoms. The van der Waals surface area contributed by atoms with Crippen LogP contribution in [0.25, 0.3) is 11.0 Å². The number of fused-ring (bicyclic) bond motifs is 1. The lowest BCUT2D eigenvalue weighted by Gasteiger charge is -2.00. The smallest absolute Gasteiger partial charge is 0.149 e. The number of aromatic amines is 1. The number of nitrogens with one attached hydrogen (secondary N) is 2. The van der Waals surface area contributed by atoms with Crippen LogP contribution >= 0.6 is 0 Å². The summed E-state index contributed by atoms with van der Waals surface area (Å²) in [7, 11) is 0. The molecule has 0 saturated carbocycles. The van der Waals surface area contributed by atoms with Gasteiger partial charge in [-0.2, -0.15) is 0 Å². The van der Waals surface area contributed by atoms with Crippen molar-refractivity contribution in [1.82, 2.24) is 9.97 Å². The van der Waals surface area contributed by atoms with Gasteiger partial charge in [-0.15, -0.1) is 0 Å². The lowest BCUT2D eigenvalue weighted by atomic mass is 10.2. The fourth-order valence-electron chi connectivity index (χ4n) is 1.27. The summed E-state index contributed by atoms with van der Waals surface area (Å²) in [5.74, 6) is 5.48. The zero-order valence-corrected chi connectivity index (χ0v) is 7.06. The van der Waals surface area contributed by atoms with Crippen molar-refractivity contribution in [3.05, 3.63) is 23.8 Å². The highest BCUT2D eigenvalue weighted by molar-refractivity contribution is 5.79. The molecule has 1 aromatic heterocycles. The number of H-pyrrole nitrogens is 1. The Morgan fingerprint density at radius 1 is 1.54 bits per heavy atom. The van der Waals surface area contributed by atoms with Crippen LogP contribution in [0.3, 0.4) is 0 Å². The molecular weight excluding hydrogens is 171 g/mol. The molecule has 0 aliphatic heterocycles. The fraction of sp³-hybridized carbons (Fsp3) is 0.125. The van der Waals surface area contributed by atoms with E-state index in [0.29, 0.717) is 11.0 Å². The van der Waals surface area contributed by atoms with Crippen LogP contribution in [0, 0.1) is 12.7 Å². The van der Waals surface area contributed by atoms with Crippen LogP contribution in [0.1, 0.15) is 5.82 Å². The minimum Gasteiger partial charge on any atom is -0.342 e. The molecule has 0 amide bonds. The van der Waals surface area contributed by atoms with E-state index in [0.717, 1.165) is 5.82 Å². The number of hydrazine groups is 1. The Hall–Kier alpha value is -1.62. The van der Waals surface area contributed by atoms with Gasteiger partial charge >= 0.3 is 0 Å². The highest BCUT2D eigenvalue weighted by Gasteiger charge is 2.05. The largest absolute Gasteiger partial charge is 0.342 e. The topological polar surface area (TPSA) is 66.7 Å². The Morgan fingerprint density at radius 2 is 2.31 bits per heavy atom. The Morgan fingerprint density at radius 3 is 3.00 bits per heavy atom. The number of hydrogen-bond donors (Lipinski definition) is 3. The van der Waals surface area contributed by atoms with Crippen LogP contribution in [-0.4, -0.2) is 9.97 Å². The third-order valence-corrected chi connectivity index (χ3v) is 1.84. The van der Waals surface area contributed by atoms with Crippen molar-refractivity contribution >= 4 is 16.7 Å². The van der Waals surface area contributed by atoms with E-state index < -0.39 is 5.82 Å². The molecule has 0 fully saturated rings. The van der Waals surface area contributed by atoms with Crippen molar-refractivity contribution in [2.45, 2.75) is 6.92 Å². The first-order valence-electron chi connectivity index (χ1n) is 3.83. The summed E-state index contributed by atoms with van der Waals surface area (Å²) in [6, 6.07) is 2.93. The van der Waals surface area contributed by atoms with E-state index in [1.165, 1.54) is 6.07 Å². The summed E-state index contributed by atoms with van der Waals surface area (Å²) >= 11 is 0. The summed E-state index contributed by atoms with van der Waals surface area (Å²) < 4.78 is 13.1. The lowest BCUT2D eigenvalue weighted by Crippen LogP contribution is -2.08. The molecule has 2 rings (SSSR count). The molecule has 0 atom stereocenters. The zero-order valence-electron chi connectivity index (χ0n) is 7.06. The van der Waals surface area contributed by atoms with Crippen LogP contribution in [0.2, 0.25) is 0 Å². The van der Waals surface area contributed by atoms with Gasteiger partial charge in [-0.3, -0.25) is 5.84 Å². The molecule has 0 saturated heterocycles. The number of aryl methyl sites for hydroxylation is 1. The number of hydrogen-bond acceptors (Lipinski definition) is 3. The Kier molecular flexibility index (Phi) is 1.66. The molecule has 1 aromatic carbocycles. The van der Waals surface area contributed by atoms with Gasteiger partial charge in [0.2, 0.25) is 0 Å². The summed E-state index contributed by atoms with van der Waals surface area (Å²) in [6.45, 7) is 1.81. The van der Waals surface area contributed by atoms with E-state index in [1.807, 2.05) is 6.92 Å². The van der Waals surface area contributed by atoms with Gasteiger partial charge in [-0.25, -0.2) is 9.37 Å². The summed E-state index contributed by atoms with van der Waals surface area (Å²) in [5, 5.41) is 0. The van der Waals surface area contributed by atoms with Crippen LogP contribution in [0.4, 0.5) is 10.1 Å². The van der Waals surface area contributed by atoms with Gasteiger partial charge in [0, 0.05) is 6.07 Å². The maximum absolute atomic E-state index is 13.1. The second-order valence-corrected chi connectivity index (χ2v) is 2.82. The van der Waals surface area contributed by atoms with Gasteiger partial charge in [0.25, 0.3) is 0 Å². The van der Waals surface area contributed by atoms with Crippen molar-refractivity contribution in [2.24, 2.45) is 5.84 Å². The quantitative estimate of drug-likeness (QED) is 0.457. The SMILES string of the molecule is Cc1nc2cc(NN)c(F)cc2[nH]1. The third kappa shape index (κ3) is 1.23. The maximum Gasteiger partial charge on any atom is 0.149 e. The van der Waals surface area contributed by atoms with Crippen molar-refractivity contribution < 1.29 is 4.39 Å². The van der Waals surface area contributed by atoms with E-state index in [-0.39, 0.29) is 5.69 Å². The first-order chi connectivity index (χ1) is 6.20. The number of nitrogens with zero attached hydrogens (tertiary/aromatic N) is 1. The standard InChI is InChI=1S/C8H9FN4/c1-4-11-7-2-5(9)6(13-10)3-8(7)12-4/h2-3,13H,10H2,1H3,(H,11,12). The normalized spacial score (nSPS) is 10.7. The second-order valence-electron chi connectivity index (χ2n) is 2.82. The predicted molar refractivity (Wildman–Crippen MR) is 48.6 cm³/mol. The van der Waals surface area contributed by atoms with Gasteiger partial charge in [-0.05, 0) is 13.0 Å². The number of benzene rings is 1. The van der Waals surface area contributed by atoms with E-state index >= 15 is 0 Å². The van der Waals surface area contributed by atoms with E-state index in [9.17, 15) is 4.39 Å². The molecule has 0 unspecified atom stereocenters. The number of halogens is 1.